The molecule has 4 rings (SSSR count). The molecule has 0 saturated carbocycles. The van der Waals surface area contributed by atoms with E-state index in [1.165, 1.54) is 0 Å². The molecule has 6 nitrogen and oxygen atoms in total. The van der Waals surface area contributed by atoms with Crippen molar-refractivity contribution in [2.24, 2.45) is 0 Å². The standard InChI is InChI=1S/C17H16Cl2N6S/c18-12-8-14(19)16(22-9-12)25-6-4-24(5-7-25)10-13-11-26-17(23-13)15-20-2-1-3-21-15/h1-3,8-9,11H,4-7,10H2. The zero-order valence-corrected chi connectivity index (χ0v) is 16.2. The minimum absolute atomic E-state index is 0.555. The molecule has 3 aromatic rings. The van der Waals surface area contributed by atoms with Crippen molar-refractivity contribution in [3.63, 3.8) is 0 Å². The van der Waals surface area contributed by atoms with Crippen molar-refractivity contribution >= 4 is 40.4 Å². The second-order valence-electron chi connectivity index (χ2n) is 5.94. The van der Waals surface area contributed by atoms with Crippen LogP contribution in [-0.4, -0.2) is 51.0 Å². The molecule has 0 radical (unpaired) electrons. The fourth-order valence-corrected chi connectivity index (χ4v) is 4.13. The molecule has 0 unspecified atom stereocenters. The summed E-state index contributed by atoms with van der Waals surface area (Å²) >= 11 is 13.8. The van der Waals surface area contributed by atoms with Crippen molar-refractivity contribution < 1.29 is 0 Å². The van der Waals surface area contributed by atoms with Crippen LogP contribution in [0.3, 0.4) is 0 Å². The number of hydrogen-bond donors (Lipinski definition) is 0. The molecule has 0 atom stereocenters. The van der Waals surface area contributed by atoms with E-state index in [2.05, 4.69) is 35.1 Å². The zero-order chi connectivity index (χ0) is 17.9. The first-order chi connectivity index (χ1) is 12.7. The second kappa shape index (κ2) is 7.84. The third-order valence-corrected chi connectivity index (χ3v) is 5.53. The Morgan fingerprint density at radius 3 is 2.54 bits per heavy atom. The van der Waals surface area contributed by atoms with E-state index in [0.29, 0.717) is 15.9 Å². The molecule has 0 N–H and O–H groups in total. The number of nitrogens with zero attached hydrogens (tertiary/aromatic N) is 6. The maximum atomic E-state index is 6.27. The summed E-state index contributed by atoms with van der Waals surface area (Å²) in [5.41, 5.74) is 1.05. The van der Waals surface area contributed by atoms with E-state index in [1.807, 2.05) is 0 Å². The predicted molar refractivity (Wildman–Crippen MR) is 105 cm³/mol. The molecule has 0 bridgehead atoms. The van der Waals surface area contributed by atoms with Gasteiger partial charge in [-0.05, 0) is 12.1 Å². The molecular formula is C17H16Cl2N6S. The number of piperazine rings is 1. The molecule has 1 aliphatic rings. The maximum absolute atomic E-state index is 6.27. The Morgan fingerprint density at radius 1 is 1.04 bits per heavy atom. The molecule has 1 saturated heterocycles. The van der Waals surface area contributed by atoms with Crippen LogP contribution in [0.1, 0.15) is 5.69 Å². The van der Waals surface area contributed by atoms with E-state index < -0.39 is 0 Å². The third kappa shape index (κ3) is 3.96. The summed E-state index contributed by atoms with van der Waals surface area (Å²) in [6.45, 7) is 4.41. The van der Waals surface area contributed by atoms with Crippen molar-refractivity contribution in [2.45, 2.75) is 6.54 Å². The predicted octanol–water partition coefficient (Wildman–Crippen LogP) is 3.62. The van der Waals surface area contributed by atoms with Crippen LogP contribution in [0.4, 0.5) is 5.82 Å². The number of halogens is 2. The number of thiazole rings is 1. The van der Waals surface area contributed by atoms with Gasteiger partial charge in [-0.2, -0.15) is 0 Å². The number of anilines is 1. The molecule has 1 aliphatic heterocycles. The molecular weight excluding hydrogens is 391 g/mol. The van der Waals surface area contributed by atoms with E-state index in [0.717, 1.165) is 49.2 Å². The first-order valence-electron chi connectivity index (χ1n) is 8.19. The summed E-state index contributed by atoms with van der Waals surface area (Å²) in [5.74, 6) is 1.48. The SMILES string of the molecule is Clc1cnc(N2CCN(Cc3csc(-c4ncccn4)n3)CC2)c(Cl)c1. The normalized spacial score (nSPS) is 15.4. The number of hydrogen-bond acceptors (Lipinski definition) is 7. The van der Waals surface area contributed by atoms with Crippen molar-refractivity contribution in [1.82, 2.24) is 24.8 Å². The topological polar surface area (TPSA) is 58.0 Å². The lowest BCUT2D eigenvalue weighted by Gasteiger charge is -2.35. The molecule has 26 heavy (non-hydrogen) atoms. The highest BCUT2D eigenvalue weighted by Crippen LogP contribution is 2.27. The fraction of sp³-hybridized carbons (Fsp3) is 0.294. The van der Waals surface area contributed by atoms with Crippen LogP contribution in [0.5, 0.6) is 0 Å². The average molecular weight is 407 g/mol. The number of aromatic nitrogens is 4. The molecule has 4 heterocycles. The summed E-state index contributed by atoms with van der Waals surface area (Å²) < 4.78 is 0. The van der Waals surface area contributed by atoms with Gasteiger partial charge in [-0.15, -0.1) is 11.3 Å². The molecule has 0 aromatic carbocycles. The van der Waals surface area contributed by atoms with Gasteiger partial charge in [-0.1, -0.05) is 23.2 Å². The average Bonchev–Trinajstić information content (AvgIpc) is 3.12. The van der Waals surface area contributed by atoms with Gasteiger partial charge in [0.05, 0.1) is 15.7 Å². The van der Waals surface area contributed by atoms with Crippen LogP contribution in [-0.2, 0) is 6.54 Å². The fourth-order valence-electron chi connectivity index (χ4n) is 2.88. The largest absolute Gasteiger partial charge is 0.353 e. The Hall–Kier alpha value is -1.80. The Balaban J connectivity index is 1.36. The maximum Gasteiger partial charge on any atom is 0.188 e. The first kappa shape index (κ1) is 17.6. The third-order valence-electron chi connectivity index (χ3n) is 4.15. The molecule has 3 aromatic heterocycles. The number of pyridine rings is 1. The van der Waals surface area contributed by atoms with Gasteiger partial charge in [0.2, 0.25) is 0 Å². The Morgan fingerprint density at radius 2 is 1.81 bits per heavy atom. The van der Waals surface area contributed by atoms with Gasteiger partial charge in [0.1, 0.15) is 5.82 Å². The summed E-state index contributed by atoms with van der Waals surface area (Å²) in [5, 5.41) is 4.09. The van der Waals surface area contributed by atoms with E-state index in [4.69, 9.17) is 23.2 Å². The van der Waals surface area contributed by atoms with Crippen molar-refractivity contribution in [1.29, 1.82) is 0 Å². The highest BCUT2D eigenvalue weighted by atomic mass is 35.5. The molecule has 134 valence electrons. The molecule has 0 aliphatic carbocycles. The zero-order valence-electron chi connectivity index (χ0n) is 13.8. The van der Waals surface area contributed by atoms with E-state index in [1.54, 1.807) is 42.1 Å². The van der Waals surface area contributed by atoms with Gasteiger partial charge >= 0.3 is 0 Å². The quantitative estimate of drug-likeness (QED) is 0.659. The Kier molecular flexibility index (Phi) is 5.31. The minimum Gasteiger partial charge on any atom is -0.353 e. The highest BCUT2D eigenvalue weighted by molar-refractivity contribution is 7.13. The Labute approximate surface area is 165 Å². The number of rotatable bonds is 4. The lowest BCUT2D eigenvalue weighted by Crippen LogP contribution is -2.46. The van der Waals surface area contributed by atoms with Gasteiger partial charge < -0.3 is 4.90 Å². The van der Waals surface area contributed by atoms with Gasteiger partial charge in [0.15, 0.2) is 10.8 Å². The van der Waals surface area contributed by atoms with Crippen molar-refractivity contribution in [2.75, 3.05) is 31.1 Å². The van der Waals surface area contributed by atoms with Crippen LogP contribution in [0.15, 0.2) is 36.1 Å². The highest BCUT2D eigenvalue weighted by Gasteiger charge is 2.21. The van der Waals surface area contributed by atoms with Crippen LogP contribution < -0.4 is 4.90 Å². The molecule has 0 amide bonds. The van der Waals surface area contributed by atoms with Gasteiger partial charge in [-0.3, -0.25) is 4.90 Å². The lowest BCUT2D eigenvalue weighted by molar-refractivity contribution is 0.247. The molecule has 1 fully saturated rings. The summed E-state index contributed by atoms with van der Waals surface area (Å²) in [6.07, 6.45) is 5.11. The monoisotopic (exact) mass is 406 g/mol. The van der Waals surface area contributed by atoms with Crippen molar-refractivity contribution in [3.8, 4) is 10.8 Å². The van der Waals surface area contributed by atoms with Crippen LogP contribution in [0.25, 0.3) is 10.8 Å². The van der Waals surface area contributed by atoms with Gasteiger partial charge in [-0.25, -0.2) is 19.9 Å². The van der Waals surface area contributed by atoms with Crippen LogP contribution in [0, 0.1) is 0 Å². The molecule has 0 spiro atoms. The lowest BCUT2D eigenvalue weighted by atomic mass is 10.3. The summed E-state index contributed by atoms with van der Waals surface area (Å²) in [6, 6.07) is 3.54. The second-order valence-corrected chi connectivity index (χ2v) is 7.64. The van der Waals surface area contributed by atoms with E-state index >= 15 is 0 Å². The first-order valence-corrected chi connectivity index (χ1v) is 9.83. The smallest absolute Gasteiger partial charge is 0.188 e. The Bertz CT molecular complexity index is 880. The summed E-state index contributed by atoms with van der Waals surface area (Å²) in [7, 11) is 0. The minimum atomic E-state index is 0.555. The molecule has 9 heteroatoms. The van der Waals surface area contributed by atoms with Crippen molar-refractivity contribution in [3.05, 3.63) is 51.8 Å². The van der Waals surface area contributed by atoms with Gasteiger partial charge in [0, 0.05) is 56.7 Å². The van der Waals surface area contributed by atoms with Crippen LogP contribution >= 0.6 is 34.5 Å². The van der Waals surface area contributed by atoms with E-state index in [9.17, 15) is 0 Å². The summed E-state index contributed by atoms with van der Waals surface area (Å²) in [4.78, 5) is 22.1. The van der Waals surface area contributed by atoms with Gasteiger partial charge in [0.25, 0.3) is 0 Å². The van der Waals surface area contributed by atoms with E-state index in [-0.39, 0.29) is 0 Å². The van der Waals surface area contributed by atoms with Crippen LogP contribution in [0.2, 0.25) is 10.0 Å².